The number of hydrogen-bond donors (Lipinski definition) is 1. The minimum absolute atomic E-state index is 0.0289. The van der Waals surface area contributed by atoms with Crippen LogP contribution in [0, 0.1) is 0 Å². The Morgan fingerprint density at radius 2 is 1.61 bits per heavy atom. The Balaban J connectivity index is 1.25. The number of ether oxygens (including phenoxy) is 3. The van der Waals surface area contributed by atoms with Crippen LogP contribution < -0.4 is 25.1 Å². The van der Waals surface area contributed by atoms with Crippen molar-refractivity contribution in [3.05, 3.63) is 131 Å². The first kappa shape index (κ1) is 28.1. The summed E-state index contributed by atoms with van der Waals surface area (Å²) in [5.74, 6) is 1.75. The average Bonchev–Trinajstić information content (AvgIpc) is 3.07. The van der Waals surface area contributed by atoms with Crippen molar-refractivity contribution in [1.29, 1.82) is 0 Å². The van der Waals surface area contributed by atoms with E-state index in [2.05, 4.69) is 20.3 Å². The molecule has 0 aliphatic heterocycles. The molecule has 4 heterocycles. The van der Waals surface area contributed by atoms with E-state index in [9.17, 15) is 9.59 Å². The van der Waals surface area contributed by atoms with Crippen LogP contribution in [0.25, 0.3) is 22.2 Å². The summed E-state index contributed by atoms with van der Waals surface area (Å²) in [6.07, 6.45) is 6.50. The molecule has 4 aromatic heterocycles. The van der Waals surface area contributed by atoms with Gasteiger partial charge in [-0.25, -0.2) is 4.98 Å². The van der Waals surface area contributed by atoms with Gasteiger partial charge in [-0.1, -0.05) is 36.4 Å². The van der Waals surface area contributed by atoms with Gasteiger partial charge in [0.1, 0.15) is 22.9 Å². The van der Waals surface area contributed by atoms with Crippen LogP contribution in [-0.4, -0.2) is 39.6 Å². The molecular weight excluding hydrogens is 558 g/mol. The van der Waals surface area contributed by atoms with Crippen molar-refractivity contribution in [2.24, 2.45) is 0 Å². The van der Waals surface area contributed by atoms with Gasteiger partial charge < -0.3 is 24.1 Å². The summed E-state index contributed by atoms with van der Waals surface area (Å²) in [7, 11) is 3.12. The number of pyridine rings is 4. The molecule has 0 spiro atoms. The second-order valence-corrected chi connectivity index (χ2v) is 9.74. The molecule has 1 N–H and O–H groups in total. The molecule has 0 bridgehead atoms. The lowest BCUT2D eigenvalue weighted by molar-refractivity contribution is 0.102. The number of nitrogens with one attached hydrogen (secondary N) is 1. The monoisotopic (exact) mass is 585 g/mol. The maximum absolute atomic E-state index is 13.5. The Kier molecular flexibility index (Phi) is 7.96. The predicted molar refractivity (Wildman–Crippen MR) is 167 cm³/mol. The van der Waals surface area contributed by atoms with Gasteiger partial charge in [0.25, 0.3) is 11.5 Å². The lowest BCUT2D eigenvalue weighted by atomic mass is 10.1. The Morgan fingerprint density at radius 3 is 2.34 bits per heavy atom. The number of nitrogens with zero attached hydrogens (tertiary/aromatic N) is 4. The van der Waals surface area contributed by atoms with Gasteiger partial charge >= 0.3 is 0 Å². The highest BCUT2D eigenvalue weighted by molar-refractivity contribution is 6.04. The summed E-state index contributed by atoms with van der Waals surface area (Å²) in [6, 6.07) is 25.2. The fourth-order valence-electron chi connectivity index (χ4n) is 4.73. The highest BCUT2D eigenvalue weighted by Gasteiger charge is 2.17. The molecule has 44 heavy (non-hydrogen) atoms. The van der Waals surface area contributed by atoms with Crippen LogP contribution in [0.1, 0.15) is 15.9 Å². The Bertz CT molecular complexity index is 2000. The second-order valence-electron chi connectivity index (χ2n) is 9.74. The van der Waals surface area contributed by atoms with Crippen LogP contribution in [0.2, 0.25) is 0 Å². The van der Waals surface area contributed by atoms with E-state index in [0.717, 1.165) is 10.9 Å². The van der Waals surface area contributed by atoms with Crippen molar-refractivity contribution in [2.75, 3.05) is 19.5 Å². The highest BCUT2D eigenvalue weighted by atomic mass is 16.5. The number of anilines is 1. The molecule has 0 saturated carbocycles. The van der Waals surface area contributed by atoms with E-state index in [0.29, 0.717) is 46.3 Å². The summed E-state index contributed by atoms with van der Waals surface area (Å²) in [6.45, 7) is 0.299. The molecule has 0 aliphatic rings. The molecule has 6 rings (SSSR count). The SMILES string of the molecule is COc1cc2nccc(Oc3ccc(NC(=O)c4cc(-c5ccccn5)cn(Cc5ccccc5)c4=O)nc3)c2cc1OC. The summed E-state index contributed by atoms with van der Waals surface area (Å²) >= 11 is 0. The number of aromatic nitrogens is 4. The first-order valence-corrected chi connectivity index (χ1v) is 13.7. The lowest BCUT2D eigenvalue weighted by Gasteiger charge is -2.13. The number of methoxy groups -OCH3 is 2. The van der Waals surface area contributed by atoms with E-state index in [-0.39, 0.29) is 11.4 Å². The van der Waals surface area contributed by atoms with Crippen molar-refractivity contribution in [3.8, 4) is 34.3 Å². The highest BCUT2D eigenvalue weighted by Crippen LogP contribution is 2.36. The third kappa shape index (κ3) is 5.95. The zero-order valence-corrected chi connectivity index (χ0v) is 23.9. The summed E-state index contributed by atoms with van der Waals surface area (Å²) < 4.78 is 18.4. The number of carbonyl (C=O) groups excluding carboxylic acids is 1. The minimum atomic E-state index is -0.586. The third-order valence-corrected chi connectivity index (χ3v) is 6.90. The second kappa shape index (κ2) is 12.5. The van der Waals surface area contributed by atoms with Crippen LogP contribution in [0.4, 0.5) is 5.82 Å². The maximum Gasteiger partial charge on any atom is 0.263 e. The first-order valence-electron chi connectivity index (χ1n) is 13.7. The number of rotatable bonds is 9. The van der Waals surface area contributed by atoms with E-state index in [1.54, 1.807) is 75.3 Å². The van der Waals surface area contributed by atoms with Crippen molar-refractivity contribution < 1.29 is 19.0 Å². The Hall–Kier alpha value is -6.03. The predicted octanol–water partition coefficient (Wildman–Crippen LogP) is 5.96. The molecular formula is C34H27N5O5. The lowest BCUT2D eigenvalue weighted by Crippen LogP contribution is -2.29. The molecule has 0 radical (unpaired) electrons. The largest absolute Gasteiger partial charge is 0.493 e. The quantitative estimate of drug-likeness (QED) is 0.221. The molecule has 1 amide bonds. The van der Waals surface area contributed by atoms with E-state index < -0.39 is 11.5 Å². The molecule has 218 valence electrons. The maximum atomic E-state index is 13.5. The van der Waals surface area contributed by atoms with Gasteiger partial charge in [0.05, 0.1) is 38.2 Å². The molecule has 0 saturated heterocycles. The molecule has 0 fully saturated rings. The zero-order valence-electron chi connectivity index (χ0n) is 23.9. The molecule has 10 nitrogen and oxygen atoms in total. The summed E-state index contributed by atoms with van der Waals surface area (Å²) in [4.78, 5) is 40.0. The smallest absolute Gasteiger partial charge is 0.263 e. The number of fused-ring (bicyclic) bond motifs is 1. The number of carbonyl (C=O) groups is 1. The topological polar surface area (TPSA) is 117 Å². The third-order valence-electron chi connectivity index (χ3n) is 6.90. The Labute approximate surface area is 252 Å². The van der Waals surface area contributed by atoms with Crippen LogP contribution in [0.5, 0.6) is 23.0 Å². The fourth-order valence-corrected chi connectivity index (χ4v) is 4.73. The van der Waals surface area contributed by atoms with Crippen LogP contribution in [-0.2, 0) is 6.54 Å². The van der Waals surface area contributed by atoms with E-state index in [4.69, 9.17) is 14.2 Å². The minimum Gasteiger partial charge on any atom is -0.493 e. The van der Waals surface area contributed by atoms with E-state index in [1.807, 2.05) is 42.5 Å². The number of amides is 1. The molecule has 2 aromatic carbocycles. The first-order chi connectivity index (χ1) is 21.5. The number of hydrogen-bond acceptors (Lipinski definition) is 8. The van der Waals surface area contributed by atoms with Gasteiger partial charge in [0.2, 0.25) is 0 Å². The number of benzene rings is 2. The normalized spacial score (nSPS) is 10.8. The molecule has 6 aromatic rings. The van der Waals surface area contributed by atoms with Gasteiger partial charge in [0.15, 0.2) is 11.5 Å². The Morgan fingerprint density at radius 1 is 0.818 bits per heavy atom. The van der Waals surface area contributed by atoms with Gasteiger partial charge in [-0.2, -0.15) is 0 Å². The van der Waals surface area contributed by atoms with Gasteiger partial charge in [-0.3, -0.25) is 19.6 Å². The van der Waals surface area contributed by atoms with Crippen molar-refractivity contribution in [3.63, 3.8) is 0 Å². The van der Waals surface area contributed by atoms with Crippen molar-refractivity contribution in [2.45, 2.75) is 6.54 Å². The van der Waals surface area contributed by atoms with Crippen LogP contribution >= 0.6 is 0 Å². The van der Waals surface area contributed by atoms with E-state index >= 15 is 0 Å². The van der Waals surface area contributed by atoms with Gasteiger partial charge in [-0.05, 0) is 48.0 Å². The fraction of sp³-hybridized carbons (Fsp3) is 0.0882. The molecule has 0 aliphatic carbocycles. The van der Waals surface area contributed by atoms with Gasteiger partial charge in [0, 0.05) is 35.6 Å². The zero-order chi connectivity index (χ0) is 30.5. The van der Waals surface area contributed by atoms with Crippen molar-refractivity contribution >= 4 is 22.6 Å². The molecule has 0 unspecified atom stereocenters. The van der Waals surface area contributed by atoms with E-state index in [1.165, 1.54) is 10.8 Å². The molecule has 10 heteroatoms. The van der Waals surface area contributed by atoms with Gasteiger partial charge in [-0.15, -0.1) is 0 Å². The van der Waals surface area contributed by atoms with Crippen LogP contribution in [0.3, 0.4) is 0 Å². The summed E-state index contributed by atoms with van der Waals surface area (Å²) in [5, 5.41) is 3.46. The standard InChI is InChI=1S/C34H27N5O5/c1-42-30-17-25-28(18-31(30)43-2)36-15-13-29(25)44-24-11-12-32(37-19-24)38-33(40)26-16-23(27-10-6-7-14-35-27)21-39(34(26)41)20-22-8-4-3-5-9-22/h3-19,21H,20H2,1-2H3,(H,37,38,40). The summed E-state index contributed by atoms with van der Waals surface area (Å²) in [5.41, 5.74) is 2.42. The van der Waals surface area contributed by atoms with Crippen molar-refractivity contribution in [1.82, 2.24) is 19.5 Å². The molecule has 0 atom stereocenters. The van der Waals surface area contributed by atoms with Crippen LogP contribution in [0.15, 0.2) is 115 Å². The average molecular weight is 586 g/mol.